The fourth-order valence-electron chi connectivity index (χ4n) is 10.2. The highest BCUT2D eigenvalue weighted by molar-refractivity contribution is 7.85. The van der Waals surface area contributed by atoms with E-state index >= 15 is 4.57 Å². The molecule has 0 N–H and O–H groups in total. The second kappa shape index (κ2) is 11.7. The summed E-state index contributed by atoms with van der Waals surface area (Å²) in [5, 5.41) is 18.9. The Kier molecular flexibility index (Phi) is 6.74. The van der Waals surface area contributed by atoms with Gasteiger partial charge in [-0.25, -0.2) is 0 Å². The second-order valence-electron chi connectivity index (χ2n) is 16.4. The van der Waals surface area contributed by atoms with E-state index in [1.165, 1.54) is 70.7 Å². The Labute approximate surface area is 331 Å². The fourth-order valence-corrected chi connectivity index (χ4v) is 12.8. The maximum atomic E-state index is 16.8. The van der Waals surface area contributed by atoms with E-state index in [1.54, 1.807) is 0 Å². The van der Waals surface area contributed by atoms with Crippen LogP contribution in [0.3, 0.4) is 0 Å². The molecule has 2 heteroatoms. The first-order valence-corrected chi connectivity index (χ1v) is 21.6. The van der Waals surface area contributed by atoms with Crippen molar-refractivity contribution >= 4 is 98.5 Å². The van der Waals surface area contributed by atoms with Gasteiger partial charge in [-0.05, 0) is 128 Å². The Bertz CT molecular complexity index is 3470. The van der Waals surface area contributed by atoms with Crippen LogP contribution in [0.25, 0.3) is 86.5 Å². The standard InChI is InChI=1S/C55H37OP/c1-55(2)53-18-10-9-17-46(53)52-32-50-44-16-8-7-15-43(44)49-31-40(27-28-45(49)51(50)33-54(52)55)57(56,38-25-23-36-21-19-34-11-3-5-13-41(34)47(36)29-38)39-26-24-37-22-20-35-12-4-6-14-42(35)48(37)30-39/h3-33H,1-2H3. The molecule has 0 spiro atoms. The summed E-state index contributed by atoms with van der Waals surface area (Å²) in [6.07, 6.45) is 0. The summed E-state index contributed by atoms with van der Waals surface area (Å²) >= 11 is 0. The average molecular weight is 745 g/mol. The first kappa shape index (κ1) is 32.7. The quantitative estimate of drug-likeness (QED) is 0.130. The summed E-state index contributed by atoms with van der Waals surface area (Å²) in [7, 11) is -3.46. The summed E-state index contributed by atoms with van der Waals surface area (Å²) < 4.78 is 16.8. The molecule has 0 saturated carbocycles. The predicted octanol–water partition coefficient (Wildman–Crippen LogP) is 13.7. The van der Waals surface area contributed by atoms with Gasteiger partial charge in [0, 0.05) is 21.3 Å². The van der Waals surface area contributed by atoms with Crippen molar-refractivity contribution in [2.45, 2.75) is 19.3 Å². The van der Waals surface area contributed by atoms with E-state index < -0.39 is 7.14 Å². The van der Waals surface area contributed by atoms with Gasteiger partial charge in [0.2, 0.25) is 0 Å². The molecule has 0 radical (unpaired) electrons. The lowest BCUT2D eigenvalue weighted by Gasteiger charge is -2.24. The van der Waals surface area contributed by atoms with Crippen molar-refractivity contribution in [2.24, 2.45) is 0 Å². The van der Waals surface area contributed by atoms with E-state index in [1.807, 2.05) is 0 Å². The van der Waals surface area contributed by atoms with Gasteiger partial charge < -0.3 is 4.57 Å². The van der Waals surface area contributed by atoms with Crippen LogP contribution >= 0.6 is 7.14 Å². The molecule has 11 aromatic carbocycles. The summed E-state index contributed by atoms with van der Waals surface area (Å²) in [5.74, 6) is 0. The third kappa shape index (κ3) is 4.55. The molecule has 0 aliphatic heterocycles. The molecule has 0 saturated heterocycles. The molecule has 0 amide bonds. The van der Waals surface area contributed by atoms with Gasteiger partial charge in [0.05, 0.1) is 0 Å². The minimum absolute atomic E-state index is 0.117. The molecule has 1 aliphatic rings. The lowest BCUT2D eigenvalue weighted by Crippen LogP contribution is -2.25. The van der Waals surface area contributed by atoms with Crippen LogP contribution in [0.5, 0.6) is 0 Å². The molecule has 268 valence electrons. The van der Waals surface area contributed by atoms with Crippen molar-refractivity contribution in [1.82, 2.24) is 0 Å². The molecule has 0 bridgehead atoms. The summed E-state index contributed by atoms with van der Waals surface area (Å²) in [4.78, 5) is 0. The van der Waals surface area contributed by atoms with Crippen LogP contribution in [0.1, 0.15) is 25.0 Å². The van der Waals surface area contributed by atoms with E-state index in [9.17, 15) is 0 Å². The number of fused-ring (bicyclic) bond motifs is 15. The lowest BCUT2D eigenvalue weighted by atomic mass is 9.81. The van der Waals surface area contributed by atoms with Gasteiger partial charge in [-0.2, -0.15) is 0 Å². The minimum atomic E-state index is -3.46. The van der Waals surface area contributed by atoms with Crippen LogP contribution in [0.15, 0.2) is 188 Å². The van der Waals surface area contributed by atoms with Gasteiger partial charge in [-0.15, -0.1) is 0 Å². The SMILES string of the molecule is CC1(C)c2ccccc2-c2cc3c4ccccc4c4cc(P(=O)(c5ccc6ccc7ccccc7c6c5)c5ccc6ccc7ccccc7c6c5)ccc4c3cc21. The Morgan fingerprint density at radius 1 is 0.316 bits per heavy atom. The van der Waals surface area contributed by atoms with E-state index in [2.05, 4.69) is 202 Å². The number of benzene rings is 11. The fraction of sp³-hybridized carbons (Fsp3) is 0.0545. The van der Waals surface area contributed by atoms with Gasteiger partial charge in [0.1, 0.15) is 0 Å². The van der Waals surface area contributed by atoms with Crippen molar-refractivity contribution in [3.63, 3.8) is 0 Å². The summed E-state index contributed by atoms with van der Waals surface area (Å²) in [6, 6.07) is 67.9. The highest BCUT2D eigenvalue weighted by atomic mass is 31.2. The Hall–Kier alpha value is -6.53. The third-order valence-electron chi connectivity index (χ3n) is 13.1. The monoisotopic (exact) mass is 744 g/mol. The summed E-state index contributed by atoms with van der Waals surface area (Å²) in [6.45, 7) is 4.70. The third-order valence-corrected chi connectivity index (χ3v) is 16.1. The van der Waals surface area contributed by atoms with E-state index in [4.69, 9.17) is 0 Å². The molecule has 0 heterocycles. The smallest absolute Gasteiger partial charge is 0.171 e. The predicted molar refractivity (Wildman–Crippen MR) is 246 cm³/mol. The van der Waals surface area contributed by atoms with Gasteiger partial charge >= 0.3 is 0 Å². The van der Waals surface area contributed by atoms with Crippen molar-refractivity contribution in [2.75, 3.05) is 0 Å². The molecular weight excluding hydrogens is 708 g/mol. The molecule has 1 aliphatic carbocycles. The van der Waals surface area contributed by atoms with Crippen LogP contribution in [-0.4, -0.2) is 0 Å². The maximum absolute atomic E-state index is 16.8. The van der Waals surface area contributed by atoms with Crippen molar-refractivity contribution < 1.29 is 4.57 Å². The molecule has 1 nitrogen and oxygen atoms in total. The lowest BCUT2D eigenvalue weighted by molar-refractivity contribution is 0.592. The largest absolute Gasteiger partial charge is 0.309 e. The summed E-state index contributed by atoms with van der Waals surface area (Å²) in [5.41, 5.74) is 5.26. The molecule has 0 atom stereocenters. The van der Waals surface area contributed by atoms with Crippen LogP contribution in [0, 0.1) is 0 Å². The molecule has 57 heavy (non-hydrogen) atoms. The molecule has 12 rings (SSSR count). The highest BCUT2D eigenvalue weighted by Gasteiger charge is 2.36. The first-order chi connectivity index (χ1) is 27.9. The van der Waals surface area contributed by atoms with Crippen molar-refractivity contribution in [3.8, 4) is 11.1 Å². The van der Waals surface area contributed by atoms with Gasteiger partial charge in [-0.1, -0.05) is 172 Å². The van der Waals surface area contributed by atoms with Crippen LogP contribution in [-0.2, 0) is 9.98 Å². The topological polar surface area (TPSA) is 17.1 Å². The van der Waals surface area contributed by atoms with E-state index in [0.717, 1.165) is 42.8 Å². The van der Waals surface area contributed by atoms with Gasteiger partial charge in [0.15, 0.2) is 7.14 Å². The van der Waals surface area contributed by atoms with Crippen molar-refractivity contribution in [1.29, 1.82) is 0 Å². The Balaban J connectivity index is 1.17. The second-order valence-corrected chi connectivity index (χ2v) is 19.2. The zero-order chi connectivity index (χ0) is 38.0. The molecular formula is C55H37OP. The van der Waals surface area contributed by atoms with Crippen molar-refractivity contribution in [3.05, 3.63) is 199 Å². The van der Waals surface area contributed by atoms with Crippen LogP contribution < -0.4 is 15.9 Å². The zero-order valence-corrected chi connectivity index (χ0v) is 32.6. The molecule has 11 aromatic rings. The van der Waals surface area contributed by atoms with Gasteiger partial charge in [-0.3, -0.25) is 0 Å². The van der Waals surface area contributed by atoms with Gasteiger partial charge in [0.25, 0.3) is 0 Å². The normalized spacial score (nSPS) is 13.6. The minimum Gasteiger partial charge on any atom is -0.309 e. The maximum Gasteiger partial charge on any atom is 0.171 e. The number of rotatable bonds is 3. The molecule has 0 unspecified atom stereocenters. The first-order valence-electron chi connectivity index (χ1n) is 19.9. The Morgan fingerprint density at radius 3 is 1.32 bits per heavy atom. The van der Waals surface area contributed by atoms with Crippen LogP contribution in [0.4, 0.5) is 0 Å². The number of hydrogen-bond acceptors (Lipinski definition) is 1. The van der Waals surface area contributed by atoms with E-state index in [-0.39, 0.29) is 5.41 Å². The number of hydrogen-bond donors (Lipinski definition) is 0. The van der Waals surface area contributed by atoms with E-state index in [0.29, 0.717) is 0 Å². The molecule has 0 aromatic heterocycles. The van der Waals surface area contributed by atoms with Crippen LogP contribution in [0.2, 0.25) is 0 Å². The zero-order valence-electron chi connectivity index (χ0n) is 31.8. The molecule has 0 fully saturated rings. The average Bonchev–Trinajstić information content (AvgIpc) is 3.49. The highest BCUT2D eigenvalue weighted by Crippen LogP contribution is 2.52. The Morgan fingerprint density at radius 2 is 0.719 bits per heavy atom.